The zero-order chi connectivity index (χ0) is 53.6. The van der Waals surface area contributed by atoms with Gasteiger partial charge in [0.25, 0.3) is 24.9 Å². The Labute approximate surface area is 408 Å². The first-order valence-electron chi connectivity index (χ1n) is 20.8. The highest BCUT2D eigenvalue weighted by molar-refractivity contribution is 7.66. The Morgan fingerprint density at radius 1 is 0.689 bits per heavy atom. The number of aromatic nitrogens is 12. The number of nitrogens with two attached hydrogens (primary N) is 3. The van der Waals surface area contributed by atoms with Crippen LogP contribution in [0.5, 0.6) is 0 Å². The molecule has 0 saturated carbocycles. The molecule has 0 bridgehead atoms. The van der Waals surface area contributed by atoms with E-state index < -0.39 is 136 Å². The van der Waals surface area contributed by atoms with Gasteiger partial charge < -0.3 is 81.0 Å². The zero-order valence-corrected chi connectivity index (χ0v) is 40.5. The standard InChI is InChI=1S/C31H41N15O24P4/c1-43-8-46(24-14(43)26(53)42-31(34)40-24)28-18(50)16(48)10(66-28)3-63-72(56,57)69-74(60,61)70-73(58,59)64-4-11-20(19(51)29(67-11)44-6-37-12-21(32)35-5-36-22(12)44)68-71(54,55)62-2-9-15(47)17(49)27(65-9)45-7-38-13-23(45)39-30(33)41-25(13)52/h5-11,15-20,27-29,47-51H,2-4H2,1H3,(H11-,32,33,34,35,36,39,40,41,42,52,53,54,55,56,57,58,59,60,61)/t9-,10-,11-,15-,16-,17-,18-,19-,20-,27-,28-,29-/m1/s1. The molecular formula is C31H41N15O24P4. The van der Waals surface area contributed by atoms with E-state index in [1.54, 1.807) is 0 Å². The number of phosphoric ester groups is 3. The Balaban J connectivity index is 0.850. The molecule has 6 aromatic heterocycles. The number of nitrogens with zero attached hydrogens (tertiary/aromatic N) is 10. The highest BCUT2D eigenvalue weighted by Gasteiger charge is 2.53. The van der Waals surface area contributed by atoms with Crippen LogP contribution in [0.1, 0.15) is 18.7 Å². The van der Waals surface area contributed by atoms with Crippen LogP contribution in [0.15, 0.2) is 34.9 Å². The monoisotopic (exact) mass is 1130 g/mol. The molecule has 0 aromatic carbocycles. The lowest BCUT2D eigenvalue weighted by Gasteiger charge is -2.27. The smallest absolute Gasteiger partial charge is 0.487 e. The van der Waals surface area contributed by atoms with Crippen molar-refractivity contribution in [2.45, 2.75) is 73.6 Å². The van der Waals surface area contributed by atoms with Crippen LogP contribution in [0.25, 0.3) is 33.5 Å². The number of aromatic amines is 2. The maximum atomic E-state index is 13.5. The second-order valence-corrected chi connectivity index (χ2v) is 22.2. The number of ether oxygens (including phenoxy) is 3. The summed E-state index contributed by atoms with van der Waals surface area (Å²) < 4.78 is 101. The molecule has 43 heteroatoms. The van der Waals surface area contributed by atoms with Crippen LogP contribution < -0.4 is 37.8 Å². The number of nitrogen functional groups attached to an aromatic ring is 3. The molecule has 3 saturated heterocycles. The summed E-state index contributed by atoms with van der Waals surface area (Å²) in [6, 6.07) is 0. The molecule has 0 aliphatic carbocycles. The van der Waals surface area contributed by atoms with Crippen molar-refractivity contribution in [3.05, 3.63) is 46.0 Å². The van der Waals surface area contributed by atoms with Crippen molar-refractivity contribution in [1.29, 1.82) is 0 Å². The number of aryl methyl sites for hydroxylation is 1. The Bertz CT molecular complexity index is 3450. The average Bonchev–Trinajstić information content (AvgIpc) is 4.15. The number of nitrogens with one attached hydrogen (secondary N) is 2. The number of fused-ring (bicyclic) bond motifs is 3. The van der Waals surface area contributed by atoms with E-state index in [4.69, 9.17) is 45.0 Å². The molecule has 3 aliphatic rings. The van der Waals surface area contributed by atoms with Crippen molar-refractivity contribution < 1.29 is 109 Å². The minimum absolute atomic E-state index is 0.0235. The quantitative estimate of drug-likeness (QED) is 0.0281. The third-order valence-corrected chi connectivity index (χ3v) is 16.5. The summed E-state index contributed by atoms with van der Waals surface area (Å²) in [6.45, 7) is -3.63. The fraction of sp³-hybridized carbons (Fsp3) is 0.516. The minimum atomic E-state index is -6.29. The van der Waals surface area contributed by atoms with Gasteiger partial charge in [0.1, 0.15) is 66.8 Å². The van der Waals surface area contributed by atoms with Crippen LogP contribution in [-0.2, 0) is 66.2 Å². The number of aliphatic hydroxyl groups excluding tert-OH is 5. The lowest BCUT2D eigenvalue weighted by Crippen LogP contribution is -2.46. The van der Waals surface area contributed by atoms with E-state index >= 15 is 0 Å². The first-order chi connectivity index (χ1) is 34.6. The Morgan fingerprint density at radius 3 is 2.00 bits per heavy atom. The molecule has 0 spiro atoms. The molecule has 9 heterocycles. The van der Waals surface area contributed by atoms with Gasteiger partial charge in [-0.25, -0.2) is 42.5 Å². The topological polar surface area (TPSA) is 576 Å². The van der Waals surface area contributed by atoms with Crippen molar-refractivity contribution >= 4 is 82.5 Å². The molecule has 0 radical (unpaired) electrons. The van der Waals surface area contributed by atoms with Crippen molar-refractivity contribution in [2.24, 2.45) is 7.05 Å². The van der Waals surface area contributed by atoms with Gasteiger partial charge in [-0.05, 0) is 0 Å². The van der Waals surface area contributed by atoms with Gasteiger partial charge in [-0.2, -0.15) is 9.29 Å². The highest BCUT2D eigenvalue weighted by Crippen LogP contribution is 2.67. The summed E-state index contributed by atoms with van der Waals surface area (Å²) >= 11 is 0. The zero-order valence-electron chi connectivity index (χ0n) is 37.0. The van der Waals surface area contributed by atoms with Crippen molar-refractivity contribution in [3.63, 3.8) is 0 Å². The third kappa shape index (κ3) is 10.5. The maximum absolute atomic E-state index is 13.5. The van der Waals surface area contributed by atoms with E-state index in [-0.39, 0.29) is 51.2 Å². The largest absolute Gasteiger partial charge is 0.756 e. The molecule has 74 heavy (non-hydrogen) atoms. The summed E-state index contributed by atoms with van der Waals surface area (Å²) in [5.41, 5.74) is 15.0. The van der Waals surface area contributed by atoms with Gasteiger partial charge in [-0.15, -0.1) is 0 Å². The number of anilines is 3. The molecule has 3 aliphatic heterocycles. The number of phosphoric acid groups is 4. The normalized spacial score (nSPS) is 30.7. The lowest BCUT2D eigenvalue weighted by molar-refractivity contribution is -0.745. The second kappa shape index (κ2) is 19.8. The van der Waals surface area contributed by atoms with Crippen molar-refractivity contribution in [2.75, 3.05) is 37.0 Å². The third-order valence-electron chi connectivity index (χ3n) is 11.3. The van der Waals surface area contributed by atoms with Gasteiger partial charge in [-0.1, -0.05) is 4.98 Å². The number of imidazole rings is 3. The van der Waals surface area contributed by atoms with Gasteiger partial charge in [-0.3, -0.25) is 51.4 Å². The predicted octanol–water partition coefficient (Wildman–Crippen LogP) is -6.00. The number of aliphatic hydroxyl groups is 5. The maximum Gasteiger partial charge on any atom is 0.487 e. The fourth-order valence-electron chi connectivity index (χ4n) is 8.05. The highest BCUT2D eigenvalue weighted by atomic mass is 31.3. The number of H-pyrrole nitrogens is 2. The van der Waals surface area contributed by atoms with Crippen LogP contribution in [-0.4, -0.2) is 169 Å². The minimum Gasteiger partial charge on any atom is -0.756 e. The predicted molar refractivity (Wildman–Crippen MR) is 232 cm³/mol. The number of rotatable bonds is 18. The number of hydrogen-bond acceptors (Lipinski definition) is 30. The summed E-state index contributed by atoms with van der Waals surface area (Å²) in [5, 5.41) is 54.5. The first kappa shape index (κ1) is 53.7. The summed E-state index contributed by atoms with van der Waals surface area (Å²) in [5.74, 6) is -0.794. The molecular weight excluding hydrogens is 1090 g/mol. The van der Waals surface area contributed by atoms with E-state index in [0.29, 0.717) is 0 Å². The van der Waals surface area contributed by atoms with Crippen molar-refractivity contribution in [1.82, 2.24) is 53.6 Å². The second-order valence-electron chi connectivity index (χ2n) is 16.2. The first-order valence-corrected chi connectivity index (χ1v) is 26.7. The van der Waals surface area contributed by atoms with Gasteiger partial charge >= 0.3 is 29.1 Å². The van der Waals surface area contributed by atoms with E-state index in [9.17, 15) is 73.0 Å². The van der Waals surface area contributed by atoms with E-state index in [0.717, 1.165) is 32.7 Å². The molecule has 9 rings (SSSR count). The van der Waals surface area contributed by atoms with Crippen LogP contribution >= 0.6 is 31.3 Å². The molecule has 3 fully saturated rings. The lowest BCUT2D eigenvalue weighted by atomic mass is 10.1. The molecule has 404 valence electrons. The average molecular weight is 1130 g/mol. The van der Waals surface area contributed by atoms with Gasteiger partial charge in [0.2, 0.25) is 17.7 Å². The van der Waals surface area contributed by atoms with Crippen LogP contribution in [0.2, 0.25) is 0 Å². The van der Waals surface area contributed by atoms with E-state index in [1.807, 2.05) is 0 Å². The molecule has 39 nitrogen and oxygen atoms in total. The molecule has 0 amide bonds. The van der Waals surface area contributed by atoms with Gasteiger partial charge in [0.05, 0.1) is 39.5 Å². The Kier molecular flexibility index (Phi) is 14.3. The Hall–Kier alpha value is -5.15. The van der Waals surface area contributed by atoms with Crippen LogP contribution in [0.4, 0.5) is 17.7 Å². The van der Waals surface area contributed by atoms with E-state index in [1.165, 1.54) is 17.9 Å². The van der Waals surface area contributed by atoms with Crippen LogP contribution in [0, 0.1) is 0 Å². The SMILES string of the molecule is Cn1c[n+]([C@@H]2O[C@H](COP(=O)([O-])OP(=O)(O)OP(=O)(O)OC[C@H]3O[C@@H](n4cnc5c(N)ncnc54)[C@H](O)[C@@H]3OP(=O)(O)OC[C@H]3O[C@@H](n4cnc5c(=O)[nH]c(N)nc54)[C@H](O)[C@@H]3O)[C@@H](O)[C@H]2O)c2nc(N)[nH]c(=O)c21. The van der Waals surface area contributed by atoms with Crippen LogP contribution in [0.3, 0.4) is 0 Å². The summed E-state index contributed by atoms with van der Waals surface area (Å²) in [6.07, 6.45) is -17.4. The van der Waals surface area contributed by atoms with Gasteiger partial charge in [0, 0.05) is 0 Å². The van der Waals surface area contributed by atoms with E-state index in [2.05, 4.69) is 53.0 Å². The molecule has 4 unspecified atom stereocenters. The Morgan fingerprint density at radius 2 is 1.27 bits per heavy atom. The summed E-state index contributed by atoms with van der Waals surface area (Å²) in [4.78, 5) is 97.2. The van der Waals surface area contributed by atoms with Gasteiger partial charge in [0.15, 0.2) is 41.4 Å². The summed E-state index contributed by atoms with van der Waals surface area (Å²) in [7, 11) is -22.5. The number of hydrogen-bond donors (Lipinski definition) is 13. The fourth-order valence-corrected chi connectivity index (χ4v) is 12.5. The van der Waals surface area contributed by atoms with Crippen molar-refractivity contribution in [3.8, 4) is 0 Å². The molecule has 16 atom stereocenters. The molecule has 16 N–H and O–H groups in total. The molecule has 6 aromatic rings.